The minimum atomic E-state index is -0.723. The van der Waals surface area contributed by atoms with Crippen molar-refractivity contribution in [1.29, 1.82) is 0 Å². The van der Waals surface area contributed by atoms with Crippen LogP contribution < -0.4 is 11.1 Å². The van der Waals surface area contributed by atoms with E-state index in [0.717, 1.165) is 5.56 Å². The quantitative estimate of drug-likeness (QED) is 0.636. The molecule has 0 saturated heterocycles. The number of aromatic hydroxyl groups is 1. The molecule has 0 bridgehead atoms. The third-order valence-electron chi connectivity index (χ3n) is 3.53. The number of carbonyl (C=O) groups excluding carboxylic acids is 2. The normalized spacial score (nSPS) is 12.6. The van der Waals surface area contributed by atoms with Gasteiger partial charge in [-0.3, -0.25) is 9.59 Å². The maximum absolute atomic E-state index is 11.9. The molecule has 0 spiro atoms. The molecule has 7 heteroatoms. The lowest BCUT2D eigenvalue weighted by molar-refractivity contribution is -0.143. The van der Waals surface area contributed by atoms with E-state index < -0.39 is 17.9 Å². The van der Waals surface area contributed by atoms with Crippen LogP contribution in [0.5, 0.6) is 5.75 Å². The van der Waals surface area contributed by atoms with Crippen LogP contribution in [-0.2, 0) is 19.7 Å². The van der Waals surface area contributed by atoms with Crippen LogP contribution in [0.2, 0.25) is 0 Å². The Bertz CT molecular complexity index is 611. The number of hydrogen-bond acceptors (Lipinski definition) is 5. The Morgan fingerprint density at radius 3 is 2.50 bits per heavy atom. The summed E-state index contributed by atoms with van der Waals surface area (Å²) in [5.41, 5.74) is 6.59. The fourth-order valence-corrected chi connectivity index (χ4v) is 2.67. The number of amides is 1. The average Bonchev–Trinajstić information content (AvgIpc) is 2.48. The average molecular weight is 401 g/mol. The zero-order chi connectivity index (χ0) is 18.5. The van der Waals surface area contributed by atoms with E-state index >= 15 is 0 Å². The first-order valence-corrected chi connectivity index (χ1v) is 8.57. The highest BCUT2D eigenvalue weighted by Crippen LogP contribution is 2.38. The summed E-state index contributed by atoms with van der Waals surface area (Å²) >= 11 is 3.33. The van der Waals surface area contributed by atoms with Gasteiger partial charge < -0.3 is 20.9 Å². The molecule has 24 heavy (non-hydrogen) atoms. The maximum Gasteiger partial charge on any atom is 0.308 e. The highest BCUT2D eigenvalue weighted by Gasteiger charge is 2.25. The lowest BCUT2D eigenvalue weighted by Gasteiger charge is -2.25. The van der Waals surface area contributed by atoms with Gasteiger partial charge in [0.15, 0.2) is 0 Å². The van der Waals surface area contributed by atoms with E-state index in [-0.39, 0.29) is 30.7 Å². The number of rotatable bonds is 6. The Morgan fingerprint density at radius 2 is 2.00 bits per heavy atom. The molecule has 0 aliphatic heterocycles. The minimum absolute atomic E-state index is 0.0189. The van der Waals surface area contributed by atoms with E-state index in [1.165, 1.54) is 0 Å². The number of nitrogens with one attached hydrogen (secondary N) is 1. The van der Waals surface area contributed by atoms with Gasteiger partial charge in [0.05, 0.1) is 30.1 Å². The molecule has 0 aromatic heterocycles. The van der Waals surface area contributed by atoms with Crippen molar-refractivity contribution in [2.24, 2.45) is 5.73 Å². The van der Waals surface area contributed by atoms with Gasteiger partial charge in [-0.25, -0.2) is 0 Å². The standard InChI is InChI=1S/C17H25BrN2O4/c1-5-24-15(22)8-13(20-14(21)9-19)11-6-10(17(2,3)4)7-12(18)16(11)23/h6-7,13,23H,5,8-9,19H2,1-4H3,(H,20,21). The number of benzene rings is 1. The van der Waals surface area contributed by atoms with Gasteiger partial charge in [0, 0.05) is 5.56 Å². The maximum atomic E-state index is 11.9. The molecule has 1 unspecified atom stereocenters. The fraction of sp³-hybridized carbons (Fsp3) is 0.529. The van der Waals surface area contributed by atoms with E-state index in [1.807, 2.05) is 26.8 Å². The number of phenols is 1. The predicted molar refractivity (Wildman–Crippen MR) is 95.7 cm³/mol. The second kappa shape index (κ2) is 8.48. The Balaban J connectivity index is 3.31. The van der Waals surface area contributed by atoms with Crippen molar-refractivity contribution in [2.45, 2.75) is 45.6 Å². The predicted octanol–water partition coefficient (Wildman–Crippen LogP) is 2.52. The van der Waals surface area contributed by atoms with Crippen molar-refractivity contribution in [2.75, 3.05) is 13.2 Å². The molecule has 1 atom stereocenters. The van der Waals surface area contributed by atoms with Gasteiger partial charge >= 0.3 is 5.97 Å². The first-order chi connectivity index (χ1) is 11.1. The summed E-state index contributed by atoms with van der Waals surface area (Å²) in [6.07, 6.45) is -0.0901. The lowest BCUT2D eigenvalue weighted by atomic mass is 9.85. The molecule has 0 aliphatic carbocycles. The molecule has 4 N–H and O–H groups in total. The molecule has 0 radical (unpaired) electrons. The highest BCUT2D eigenvalue weighted by atomic mass is 79.9. The van der Waals surface area contributed by atoms with Gasteiger partial charge in [0.2, 0.25) is 5.91 Å². The van der Waals surface area contributed by atoms with Crippen LogP contribution in [-0.4, -0.2) is 30.1 Å². The first kappa shape index (κ1) is 20.4. The molecule has 0 fully saturated rings. The van der Waals surface area contributed by atoms with Crippen molar-refractivity contribution >= 4 is 27.8 Å². The van der Waals surface area contributed by atoms with Crippen LogP contribution >= 0.6 is 15.9 Å². The van der Waals surface area contributed by atoms with Gasteiger partial charge in [-0.1, -0.05) is 20.8 Å². The summed E-state index contributed by atoms with van der Waals surface area (Å²) in [4.78, 5) is 23.6. The molecular formula is C17H25BrN2O4. The Kier molecular flexibility index (Phi) is 7.23. The van der Waals surface area contributed by atoms with Crippen molar-refractivity contribution < 1.29 is 19.4 Å². The molecule has 0 aliphatic rings. The monoisotopic (exact) mass is 400 g/mol. The smallest absolute Gasteiger partial charge is 0.308 e. The summed E-state index contributed by atoms with van der Waals surface area (Å²) in [5.74, 6) is -0.896. The molecule has 0 heterocycles. The number of ether oxygens (including phenoxy) is 1. The van der Waals surface area contributed by atoms with E-state index in [9.17, 15) is 14.7 Å². The summed E-state index contributed by atoms with van der Waals surface area (Å²) in [6.45, 7) is 7.85. The number of halogens is 1. The number of carbonyl (C=O) groups is 2. The number of esters is 1. The zero-order valence-corrected chi connectivity index (χ0v) is 16.1. The summed E-state index contributed by atoms with van der Waals surface area (Å²) in [5, 5.41) is 13.1. The van der Waals surface area contributed by atoms with E-state index in [0.29, 0.717) is 10.0 Å². The van der Waals surface area contributed by atoms with Crippen molar-refractivity contribution in [3.8, 4) is 5.75 Å². The summed E-state index contributed by atoms with van der Waals surface area (Å²) < 4.78 is 5.46. The van der Waals surface area contributed by atoms with Crippen molar-refractivity contribution in [1.82, 2.24) is 5.32 Å². The Labute approximate surface area is 150 Å². The number of phenolic OH excluding ortho intramolecular Hbond substituents is 1. The van der Waals surface area contributed by atoms with Crippen LogP contribution in [0, 0.1) is 0 Å². The number of hydrogen-bond donors (Lipinski definition) is 3. The molecule has 1 aromatic carbocycles. The third kappa shape index (κ3) is 5.49. The Morgan fingerprint density at radius 1 is 1.38 bits per heavy atom. The van der Waals surface area contributed by atoms with Crippen LogP contribution in [0.3, 0.4) is 0 Å². The van der Waals surface area contributed by atoms with Gasteiger partial charge in [-0.2, -0.15) is 0 Å². The highest BCUT2D eigenvalue weighted by molar-refractivity contribution is 9.10. The molecule has 134 valence electrons. The third-order valence-corrected chi connectivity index (χ3v) is 4.14. The molecule has 0 saturated carbocycles. The van der Waals surface area contributed by atoms with Crippen molar-refractivity contribution in [3.05, 3.63) is 27.7 Å². The molecule has 1 aromatic rings. The topological polar surface area (TPSA) is 102 Å². The van der Waals surface area contributed by atoms with Crippen LogP contribution in [0.4, 0.5) is 0 Å². The zero-order valence-electron chi connectivity index (χ0n) is 14.5. The second-order valence-electron chi connectivity index (χ2n) is 6.48. The van der Waals surface area contributed by atoms with E-state index in [1.54, 1.807) is 13.0 Å². The lowest BCUT2D eigenvalue weighted by Crippen LogP contribution is -2.35. The van der Waals surface area contributed by atoms with Crippen LogP contribution in [0.15, 0.2) is 16.6 Å². The van der Waals surface area contributed by atoms with Crippen molar-refractivity contribution in [3.63, 3.8) is 0 Å². The SMILES string of the molecule is CCOC(=O)CC(NC(=O)CN)c1cc(C(C)(C)C)cc(Br)c1O. The molecule has 1 amide bonds. The van der Waals surface area contributed by atoms with Crippen LogP contribution in [0.25, 0.3) is 0 Å². The van der Waals surface area contributed by atoms with Gasteiger partial charge in [0.25, 0.3) is 0 Å². The molecular weight excluding hydrogens is 376 g/mol. The van der Waals surface area contributed by atoms with Gasteiger partial charge in [0.1, 0.15) is 5.75 Å². The first-order valence-electron chi connectivity index (χ1n) is 7.78. The van der Waals surface area contributed by atoms with Crippen LogP contribution in [0.1, 0.15) is 51.3 Å². The largest absolute Gasteiger partial charge is 0.506 e. The van der Waals surface area contributed by atoms with E-state index in [4.69, 9.17) is 10.5 Å². The van der Waals surface area contributed by atoms with E-state index in [2.05, 4.69) is 21.2 Å². The number of nitrogens with two attached hydrogens (primary N) is 1. The minimum Gasteiger partial charge on any atom is -0.506 e. The van der Waals surface area contributed by atoms with Gasteiger partial charge in [-0.05, 0) is 46.0 Å². The summed E-state index contributed by atoms with van der Waals surface area (Å²) in [6, 6.07) is 2.89. The Hall–Kier alpha value is -1.60. The summed E-state index contributed by atoms with van der Waals surface area (Å²) in [7, 11) is 0. The molecule has 1 rings (SSSR count). The fourth-order valence-electron chi connectivity index (χ4n) is 2.20. The second-order valence-corrected chi connectivity index (χ2v) is 7.33. The molecule has 6 nitrogen and oxygen atoms in total. The van der Waals surface area contributed by atoms with Gasteiger partial charge in [-0.15, -0.1) is 0 Å².